The molecule has 1 saturated heterocycles. The second-order valence-corrected chi connectivity index (χ2v) is 5.77. The van der Waals surface area contributed by atoms with Gasteiger partial charge in [0.2, 0.25) is 5.91 Å². The van der Waals surface area contributed by atoms with E-state index in [4.69, 9.17) is 0 Å². The van der Waals surface area contributed by atoms with Crippen LogP contribution in [-0.2, 0) is 4.79 Å². The van der Waals surface area contributed by atoms with Crippen LogP contribution in [0, 0.1) is 0 Å². The molecule has 1 fully saturated rings. The maximum absolute atomic E-state index is 12.1. The summed E-state index contributed by atoms with van der Waals surface area (Å²) in [7, 11) is 0. The number of anilines is 1. The zero-order chi connectivity index (χ0) is 16.4. The summed E-state index contributed by atoms with van der Waals surface area (Å²) in [5.41, 5.74) is 2.61. The fourth-order valence-electron chi connectivity index (χ4n) is 2.87. The van der Waals surface area contributed by atoms with Gasteiger partial charge in [-0.2, -0.15) is 5.10 Å². The molecule has 120 valence electrons. The summed E-state index contributed by atoms with van der Waals surface area (Å²) in [5, 5.41) is 4.38. The highest BCUT2D eigenvalue weighted by atomic mass is 16.2. The quantitative estimate of drug-likeness (QED) is 0.744. The number of carbonyl (C=O) groups is 1. The lowest BCUT2D eigenvalue weighted by atomic mass is 10.1. The number of amides is 1. The zero-order valence-electron chi connectivity index (χ0n) is 13.2. The van der Waals surface area contributed by atoms with Gasteiger partial charge in [-0.05, 0) is 37.1 Å². The summed E-state index contributed by atoms with van der Waals surface area (Å²) in [6.45, 7) is 0.740. The first-order valence-electron chi connectivity index (χ1n) is 8.04. The van der Waals surface area contributed by atoms with Gasteiger partial charge in [0.1, 0.15) is 5.82 Å². The topological polar surface area (TPSA) is 63.9 Å². The first kappa shape index (κ1) is 14.6. The van der Waals surface area contributed by atoms with Gasteiger partial charge in [0.25, 0.3) is 0 Å². The second-order valence-electron chi connectivity index (χ2n) is 5.77. The summed E-state index contributed by atoms with van der Waals surface area (Å²) in [6, 6.07) is 9.57. The average Bonchev–Trinajstić information content (AvgIpc) is 3.13. The van der Waals surface area contributed by atoms with Crippen LogP contribution in [0.5, 0.6) is 0 Å². The Morgan fingerprint density at radius 1 is 1.04 bits per heavy atom. The molecule has 0 aromatic carbocycles. The molecule has 24 heavy (non-hydrogen) atoms. The lowest BCUT2D eigenvalue weighted by Crippen LogP contribution is -2.35. The Morgan fingerprint density at radius 3 is 2.83 bits per heavy atom. The van der Waals surface area contributed by atoms with Crippen molar-refractivity contribution in [3.8, 4) is 16.9 Å². The Labute approximate surface area is 139 Å². The maximum atomic E-state index is 12.1. The minimum absolute atomic E-state index is 0.150. The Morgan fingerprint density at radius 2 is 2.00 bits per heavy atom. The largest absolute Gasteiger partial charge is 0.297 e. The highest BCUT2D eigenvalue weighted by Gasteiger charge is 2.21. The first-order chi connectivity index (χ1) is 11.8. The van der Waals surface area contributed by atoms with Crippen molar-refractivity contribution < 1.29 is 4.79 Å². The fourth-order valence-corrected chi connectivity index (χ4v) is 2.87. The predicted molar refractivity (Wildman–Crippen MR) is 90.8 cm³/mol. The third-order valence-corrected chi connectivity index (χ3v) is 4.12. The van der Waals surface area contributed by atoms with Gasteiger partial charge in [0.15, 0.2) is 0 Å². The van der Waals surface area contributed by atoms with Crippen molar-refractivity contribution in [2.75, 3.05) is 11.4 Å². The molecule has 0 bridgehead atoms. The molecule has 0 spiro atoms. The smallest absolute Gasteiger partial charge is 0.228 e. The van der Waals surface area contributed by atoms with Gasteiger partial charge < -0.3 is 0 Å². The van der Waals surface area contributed by atoms with Crippen LogP contribution in [0.1, 0.15) is 19.3 Å². The zero-order valence-corrected chi connectivity index (χ0v) is 13.2. The molecule has 1 aliphatic rings. The van der Waals surface area contributed by atoms with E-state index < -0.39 is 0 Å². The molecular formula is C18H17N5O. The number of nitrogens with zero attached hydrogens (tertiary/aromatic N) is 5. The van der Waals surface area contributed by atoms with Crippen molar-refractivity contribution in [2.45, 2.75) is 19.3 Å². The Balaban J connectivity index is 1.64. The number of hydrogen-bond donors (Lipinski definition) is 0. The SMILES string of the molecule is O=C1CCCCN1c1cccc(-c2cnn(-c3cccnc3)c2)n1. The van der Waals surface area contributed by atoms with E-state index in [1.54, 1.807) is 28.2 Å². The van der Waals surface area contributed by atoms with E-state index >= 15 is 0 Å². The number of pyridine rings is 2. The molecule has 3 aromatic rings. The number of rotatable bonds is 3. The second kappa shape index (κ2) is 6.23. The van der Waals surface area contributed by atoms with Gasteiger partial charge in [0.05, 0.1) is 23.8 Å². The Hall–Kier alpha value is -3.02. The van der Waals surface area contributed by atoms with Crippen molar-refractivity contribution in [3.63, 3.8) is 0 Å². The van der Waals surface area contributed by atoms with Crippen LogP contribution < -0.4 is 4.90 Å². The molecule has 0 aliphatic carbocycles. The maximum Gasteiger partial charge on any atom is 0.228 e. The van der Waals surface area contributed by atoms with Gasteiger partial charge in [-0.1, -0.05) is 6.07 Å². The standard InChI is InChI=1S/C18H17N5O/c24-18-8-1-2-10-22(18)17-7-3-6-16(21-17)14-11-20-23(13-14)15-5-4-9-19-12-15/h3-7,9,11-13H,1-2,8,10H2. The summed E-state index contributed by atoms with van der Waals surface area (Å²) in [6.07, 6.45) is 9.77. The molecule has 0 radical (unpaired) electrons. The van der Waals surface area contributed by atoms with E-state index in [-0.39, 0.29) is 5.91 Å². The van der Waals surface area contributed by atoms with Crippen molar-refractivity contribution in [1.29, 1.82) is 0 Å². The van der Waals surface area contributed by atoms with Crippen LogP contribution in [0.25, 0.3) is 16.9 Å². The first-order valence-corrected chi connectivity index (χ1v) is 8.04. The lowest BCUT2D eigenvalue weighted by molar-refractivity contribution is -0.119. The molecule has 0 unspecified atom stereocenters. The minimum Gasteiger partial charge on any atom is -0.297 e. The number of piperidine rings is 1. The van der Waals surface area contributed by atoms with Crippen molar-refractivity contribution in [1.82, 2.24) is 19.7 Å². The van der Waals surface area contributed by atoms with Gasteiger partial charge in [0, 0.05) is 30.9 Å². The van der Waals surface area contributed by atoms with Gasteiger partial charge in [-0.15, -0.1) is 0 Å². The summed E-state index contributed by atoms with van der Waals surface area (Å²) in [5.74, 6) is 0.864. The molecule has 1 aliphatic heterocycles. The predicted octanol–water partition coefficient (Wildman–Crippen LogP) is 2.85. The molecular weight excluding hydrogens is 302 g/mol. The van der Waals surface area contributed by atoms with Crippen molar-refractivity contribution in [2.24, 2.45) is 0 Å². The van der Waals surface area contributed by atoms with E-state index in [1.807, 2.05) is 36.5 Å². The molecule has 4 rings (SSSR count). The van der Waals surface area contributed by atoms with Gasteiger partial charge in [-0.3, -0.25) is 14.7 Å². The summed E-state index contributed by atoms with van der Waals surface area (Å²) >= 11 is 0. The number of aromatic nitrogens is 4. The van der Waals surface area contributed by atoms with Crippen LogP contribution in [0.15, 0.2) is 55.1 Å². The van der Waals surface area contributed by atoms with E-state index in [2.05, 4.69) is 15.1 Å². The van der Waals surface area contributed by atoms with Crippen LogP contribution in [0.3, 0.4) is 0 Å². The van der Waals surface area contributed by atoms with Crippen molar-refractivity contribution in [3.05, 3.63) is 55.1 Å². The molecule has 0 atom stereocenters. The fraction of sp³-hybridized carbons (Fsp3) is 0.222. The average molecular weight is 319 g/mol. The monoisotopic (exact) mass is 319 g/mol. The summed E-state index contributed by atoms with van der Waals surface area (Å²) < 4.78 is 1.77. The summed E-state index contributed by atoms with van der Waals surface area (Å²) in [4.78, 5) is 22.6. The lowest BCUT2D eigenvalue weighted by Gasteiger charge is -2.25. The third-order valence-electron chi connectivity index (χ3n) is 4.12. The van der Waals surface area contributed by atoms with E-state index in [0.717, 1.165) is 36.3 Å². The highest BCUT2D eigenvalue weighted by Crippen LogP contribution is 2.23. The molecule has 6 heteroatoms. The number of carbonyl (C=O) groups excluding carboxylic acids is 1. The normalized spacial score (nSPS) is 14.8. The Bertz CT molecular complexity index is 859. The van der Waals surface area contributed by atoms with Gasteiger partial charge in [-0.25, -0.2) is 9.67 Å². The van der Waals surface area contributed by atoms with E-state index in [0.29, 0.717) is 12.2 Å². The van der Waals surface area contributed by atoms with Crippen LogP contribution in [-0.4, -0.2) is 32.2 Å². The highest BCUT2D eigenvalue weighted by molar-refractivity contribution is 5.93. The van der Waals surface area contributed by atoms with Crippen LogP contribution >= 0.6 is 0 Å². The molecule has 3 aromatic heterocycles. The minimum atomic E-state index is 0.150. The van der Waals surface area contributed by atoms with Crippen molar-refractivity contribution >= 4 is 11.7 Å². The molecule has 1 amide bonds. The van der Waals surface area contributed by atoms with Crippen LogP contribution in [0.2, 0.25) is 0 Å². The number of hydrogen-bond acceptors (Lipinski definition) is 4. The van der Waals surface area contributed by atoms with Gasteiger partial charge >= 0.3 is 0 Å². The third kappa shape index (κ3) is 2.78. The molecule has 6 nitrogen and oxygen atoms in total. The molecule has 0 N–H and O–H groups in total. The van der Waals surface area contributed by atoms with E-state index in [1.165, 1.54) is 0 Å². The van der Waals surface area contributed by atoms with E-state index in [9.17, 15) is 4.79 Å². The Kier molecular flexibility index (Phi) is 3.78. The molecule has 4 heterocycles. The molecule has 0 saturated carbocycles. The van der Waals surface area contributed by atoms with Crippen LogP contribution in [0.4, 0.5) is 5.82 Å².